The number of carbonyl (C=O) groups excluding carboxylic acids is 1. The van der Waals surface area contributed by atoms with E-state index in [9.17, 15) is 9.18 Å². The zero-order valence-electron chi connectivity index (χ0n) is 11.8. The molecular formula is C17H18FNOS. The molecule has 1 heterocycles. The van der Waals surface area contributed by atoms with E-state index in [0.29, 0.717) is 24.9 Å². The Labute approximate surface area is 128 Å². The van der Waals surface area contributed by atoms with E-state index >= 15 is 0 Å². The maximum absolute atomic E-state index is 13.5. The van der Waals surface area contributed by atoms with E-state index in [4.69, 9.17) is 0 Å². The molecule has 0 atom stereocenters. The zero-order valence-corrected chi connectivity index (χ0v) is 12.6. The van der Waals surface area contributed by atoms with Crippen LogP contribution < -0.4 is 5.32 Å². The molecule has 21 heavy (non-hydrogen) atoms. The average Bonchev–Trinajstić information content (AvgIpc) is 3.07. The highest BCUT2D eigenvalue weighted by atomic mass is 32.1. The van der Waals surface area contributed by atoms with Crippen molar-refractivity contribution in [2.75, 3.05) is 6.54 Å². The second-order valence-electron chi connectivity index (χ2n) is 5.66. The van der Waals surface area contributed by atoms with Gasteiger partial charge in [-0.1, -0.05) is 18.2 Å². The van der Waals surface area contributed by atoms with Crippen LogP contribution >= 0.6 is 11.3 Å². The van der Waals surface area contributed by atoms with Crippen molar-refractivity contribution in [1.29, 1.82) is 0 Å². The molecule has 4 heteroatoms. The van der Waals surface area contributed by atoms with E-state index in [0.717, 1.165) is 12.8 Å². The molecular weight excluding hydrogens is 285 g/mol. The van der Waals surface area contributed by atoms with Crippen LogP contribution in [0.15, 0.2) is 41.1 Å². The van der Waals surface area contributed by atoms with E-state index < -0.39 is 0 Å². The van der Waals surface area contributed by atoms with Crippen LogP contribution in [-0.2, 0) is 16.6 Å². The van der Waals surface area contributed by atoms with Gasteiger partial charge in [-0.2, -0.15) is 11.3 Å². The summed E-state index contributed by atoms with van der Waals surface area (Å²) in [4.78, 5) is 11.9. The maximum atomic E-state index is 13.5. The monoisotopic (exact) mass is 303 g/mol. The van der Waals surface area contributed by atoms with E-state index in [-0.39, 0.29) is 17.1 Å². The number of halogens is 1. The van der Waals surface area contributed by atoms with Gasteiger partial charge in [-0.15, -0.1) is 0 Å². The van der Waals surface area contributed by atoms with Gasteiger partial charge in [-0.05, 0) is 53.3 Å². The van der Waals surface area contributed by atoms with Crippen molar-refractivity contribution >= 4 is 17.2 Å². The van der Waals surface area contributed by atoms with Gasteiger partial charge in [0.2, 0.25) is 5.91 Å². The van der Waals surface area contributed by atoms with Gasteiger partial charge in [0.1, 0.15) is 5.82 Å². The number of aryl methyl sites for hydroxylation is 1. The highest BCUT2D eigenvalue weighted by molar-refractivity contribution is 7.08. The minimum Gasteiger partial charge on any atom is -0.355 e. The molecule has 0 saturated heterocycles. The van der Waals surface area contributed by atoms with Gasteiger partial charge in [0.05, 0.1) is 0 Å². The lowest BCUT2D eigenvalue weighted by molar-refractivity contribution is -0.121. The fraction of sp³-hybridized carbons (Fsp3) is 0.353. The molecule has 1 aliphatic rings. The van der Waals surface area contributed by atoms with Crippen LogP contribution in [0.1, 0.15) is 30.4 Å². The number of benzene rings is 1. The van der Waals surface area contributed by atoms with Gasteiger partial charge in [0.25, 0.3) is 0 Å². The first kappa shape index (κ1) is 14.3. The summed E-state index contributed by atoms with van der Waals surface area (Å²) in [6.07, 6.45) is 3.05. The Morgan fingerprint density at radius 3 is 2.76 bits per heavy atom. The number of carbonyl (C=O) groups is 1. The highest BCUT2D eigenvalue weighted by Crippen LogP contribution is 2.48. The minimum atomic E-state index is -0.234. The summed E-state index contributed by atoms with van der Waals surface area (Å²) in [6.45, 7) is 0.694. The number of rotatable bonds is 6. The number of hydrogen-bond donors (Lipinski definition) is 1. The molecule has 0 spiro atoms. The fourth-order valence-electron chi connectivity index (χ4n) is 2.59. The molecule has 110 valence electrons. The van der Waals surface area contributed by atoms with Crippen LogP contribution in [-0.4, -0.2) is 12.5 Å². The topological polar surface area (TPSA) is 29.1 Å². The summed E-state index contributed by atoms with van der Waals surface area (Å²) in [5, 5.41) is 7.25. The highest BCUT2D eigenvalue weighted by Gasteiger charge is 2.44. The van der Waals surface area contributed by atoms with Crippen molar-refractivity contribution in [2.45, 2.75) is 31.1 Å². The average molecular weight is 303 g/mol. The summed E-state index contributed by atoms with van der Waals surface area (Å²) in [5.74, 6) is -0.234. The van der Waals surface area contributed by atoms with Gasteiger partial charge in [-0.25, -0.2) is 4.39 Å². The fourth-order valence-corrected chi connectivity index (χ4v) is 3.37. The van der Waals surface area contributed by atoms with Crippen molar-refractivity contribution in [3.05, 3.63) is 58.0 Å². The molecule has 2 aromatic rings. The second-order valence-corrected chi connectivity index (χ2v) is 6.44. The normalized spacial score (nSPS) is 15.7. The predicted octanol–water partition coefficient (Wildman–Crippen LogP) is 3.67. The molecule has 0 unspecified atom stereocenters. The molecule has 1 aliphatic carbocycles. The van der Waals surface area contributed by atoms with Crippen LogP contribution in [0.5, 0.6) is 0 Å². The van der Waals surface area contributed by atoms with E-state index in [1.165, 1.54) is 11.6 Å². The first-order valence-electron chi connectivity index (χ1n) is 7.22. The lowest BCUT2D eigenvalue weighted by Gasteiger charge is -2.14. The van der Waals surface area contributed by atoms with E-state index in [2.05, 4.69) is 22.1 Å². The second kappa shape index (κ2) is 5.98. The van der Waals surface area contributed by atoms with Crippen molar-refractivity contribution in [3.8, 4) is 0 Å². The van der Waals surface area contributed by atoms with E-state index in [1.54, 1.807) is 29.5 Å². The largest absolute Gasteiger partial charge is 0.355 e. The Bertz CT molecular complexity index is 619. The summed E-state index contributed by atoms with van der Waals surface area (Å²) in [7, 11) is 0. The third kappa shape index (κ3) is 3.32. The number of nitrogens with one attached hydrogen (secondary N) is 1. The number of thiophene rings is 1. The molecule has 1 N–H and O–H groups in total. The van der Waals surface area contributed by atoms with Gasteiger partial charge in [0.15, 0.2) is 0 Å². The quantitative estimate of drug-likeness (QED) is 0.867. The molecule has 0 radical (unpaired) electrons. The Balaban J connectivity index is 1.48. The lowest BCUT2D eigenvalue weighted by atomic mass is 9.99. The summed E-state index contributed by atoms with van der Waals surface area (Å²) >= 11 is 1.70. The Morgan fingerprint density at radius 2 is 2.10 bits per heavy atom. The van der Waals surface area contributed by atoms with Gasteiger partial charge in [-0.3, -0.25) is 4.79 Å². The Hall–Kier alpha value is -1.68. The van der Waals surface area contributed by atoms with Crippen LogP contribution in [0.2, 0.25) is 0 Å². The summed E-state index contributed by atoms with van der Waals surface area (Å²) in [6, 6.07) is 8.77. The Kier molecular flexibility index (Phi) is 4.06. The molecule has 2 nitrogen and oxygen atoms in total. The molecule has 0 bridgehead atoms. The molecule has 1 aromatic heterocycles. The third-order valence-corrected chi connectivity index (χ3v) is 4.87. The minimum absolute atomic E-state index is 0.000224. The Morgan fingerprint density at radius 1 is 1.29 bits per heavy atom. The molecule has 1 saturated carbocycles. The lowest BCUT2D eigenvalue weighted by Crippen LogP contribution is -2.32. The van der Waals surface area contributed by atoms with E-state index in [1.807, 2.05) is 0 Å². The molecule has 0 aliphatic heterocycles. The van der Waals surface area contributed by atoms with Crippen LogP contribution in [0.3, 0.4) is 0 Å². The van der Waals surface area contributed by atoms with Crippen LogP contribution in [0.4, 0.5) is 4.39 Å². The van der Waals surface area contributed by atoms with Crippen molar-refractivity contribution < 1.29 is 9.18 Å². The third-order valence-electron chi connectivity index (χ3n) is 4.19. The SMILES string of the molecule is O=C(CCc1ccccc1F)NCC1(c2ccsc2)CC1. The predicted molar refractivity (Wildman–Crippen MR) is 83.0 cm³/mol. The number of amides is 1. The number of hydrogen-bond acceptors (Lipinski definition) is 2. The standard InChI is InChI=1S/C17H18FNOS/c18-15-4-2-1-3-13(15)5-6-16(20)19-12-17(8-9-17)14-7-10-21-11-14/h1-4,7,10-11H,5-6,8-9,12H2,(H,19,20). The van der Waals surface area contributed by atoms with Crippen LogP contribution in [0, 0.1) is 5.82 Å². The van der Waals surface area contributed by atoms with Crippen molar-refractivity contribution in [2.24, 2.45) is 0 Å². The van der Waals surface area contributed by atoms with Gasteiger partial charge < -0.3 is 5.32 Å². The van der Waals surface area contributed by atoms with Crippen molar-refractivity contribution in [1.82, 2.24) is 5.32 Å². The molecule has 1 aromatic carbocycles. The molecule has 1 fully saturated rings. The zero-order chi connectivity index (χ0) is 14.7. The first-order chi connectivity index (χ1) is 10.2. The maximum Gasteiger partial charge on any atom is 0.220 e. The van der Waals surface area contributed by atoms with Crippen LogP contribution in [0.25, 0.3) is 0 Å². The smallest absolute Gasteiger partial charge is 0.220 e. The van der Waals surface area contributed by atoms with Crippen molar-refractivity contribution in [3.63, 3.8) is 0 Å². The van der Waals surface area contributed by atoms with Gasteiger partial charge in [0, 0.05) is 18.4 Å². The molecule has 1 amide bonds. The first-order valence-corrected chi connectivity index (χ1v) is 8.17. The molecule has 3 rings (SSSR count). The summed E-state index contributed by atoms with van der Waals surface area (Å²) < 4.78 is 13.5. The summed E-state index contributed by atoms with van der Waals surface area (Å²) in [5.41, 5.74) is 2.10. The van der Waals surface area contributed by atoms with Gasteiger partial charge >= 0.3 is 0 Å².